The SMILES string of the molecule is O=C(NC(CO)c1ccco1)c1cccc(Br)c1Cl. The third kappa shape index (κ3) is 3.18. The number of aliphatic hydroxyl groups excluding tert-OH is 1. The Morgan fingerprint density at radius 3 is 2.84 bits per heavy atom. The van der Waals surface area contributed by atoms with E-state index in [0.717, 1.165) is 0 Å². The van der Waals surface area contributed by atoms with Crippen molar-refractivity contribution in [2.24, 2.45) is 0 Å². The molecule has 1 amide bonds. The zero-order chi connectivity index (χ0) is 13.8. The highest BCUT2D eigenvalue weighted by Gasteiger charge is 2.19. The number of rotatable bonds is 4. The van der Waals surface area contributed by atoms with E-state index >= 15 is 0 Å². The average molecular weight is 345 g/mol. The Bertz CT molecular complexity index is 571. The number of hydrogen-bond acceptors (Lipinski definition) is 3. The van der Waals surface area contributed by atoms with Crippen molar-refractivity contribution in [3.05, 3.63) is 57.4 Å². The second kappa shape index (κ2) is 6.23. The predicted octanol–water partition coefficient (Wildman–Crippen LogP) is 3.16. The summed E-state index contributed by atoms with van der Waals surface area (Å²) >= 11 is 9.30. The van der Waals surface area contributed by atoms with Crippen LogP contribution in [0.25, 0.3) is 0 Å². The number of hydrogen-bond donors (Lipinski definition) is 2. The van der Waals surface area contributed by atoms with Crippen molar-refractivity contribution >= 4 is 33.4 Å². The van der Waals surface area contributed by atoms with Crippen LogP contribution in [0.15, 0.2) is 45.5 Å². The largest absolute Gasteiger partial charge is 0.467 e. The highest BCUT2D eigenvalue weighted by atomic mass is 79.9. The standard InChI is InChI=1S/C13H11BrClNO3/c14-9-4-1-3-8(12(9)15)13(18)16-10(7-17)11-5-2-6-19-11/h1-6,10,17H,7H2,(H,16,18). The smallest absolute Gasteiger partial charge is 0.253 e. The summed E-state index contributed by atoms with van der Waals surface area (Å²) in [4.78, 5) is 12.1. The minimum Gasteiger partial charge on any atom is -0.467 e. The van der Waals surface area contributed by atoms with Crippen molar-refractivity contribution in [1.82, 2.24) is 5.32 Å². The minimum absolute atomic E-state index is 0.259. The van der Waals surface area contributed by atoms with E-state index in [0.29, 0.717) is 20.8 Å². The van der Waals surface area contributed by atoms with Crippen LogP contribution in [0.3, 0.4) is 0 Å². The van der Waals surface area contributed by atoms with Gasteiger partial charge in [-0.2, -0.15) is 0 Å². The number of carbonyl (C=O) groups is 1. The van der Waals surface area contributed by atoms with Crippen LogP contribution in [0.1, 0.15) is 22.2 Å². The lowest BCUT2D eigenvalue weighted by molar-refractivity contribution is 0.0907. The zero-order valence-corrected chi connectivity index (χ0v) is 12.1. The third-order valence-corrected chi connectivity index (χ3v) is 3.87. The molecule has 0 aliphatic heterocycles. The molecule has 2 N–H and O–H groups in total. The van der Waals surface area contributed by atoms with Gasteiger partial charge < -0.3 is 14.8 Å². The molecular weight excluding hydrogens is 334 g/mol. The van der Waals surface area contributed by atoms with Crippen LogP contribution in [0.4, 0.5) is 0 Å². The topological polar surface area (TPSA) is 62.5 Å². The molecule has 1 aromatic heterocycles. The van der Waals surface area contributed by atoms with Crippen molar-refractivity contribution in [2.75, 3.05) is 6.61 Å². The van der Waals surface area contributed by atoms with E-state index < -0.39 is 6.04 Å². The predicted molar refractivity (Wildman–Crippen MR) is 75.2 cm³/mol. The van der Waals surface area contributed by atoms with E-state index in [1.54, 1.807) is 30.3 Å². The quantitative estimate of drug-likeness (QED) is 0.895. The normalized spacial score (nSPS) is 12.2. The van der Waals surface area contributed by atoms with E-state index in [-0.39, 0.29) is 12.5 Å². The third-order valence-electron chi connectivity index (χ3n) is 2.57. The van der Waals surface area contributed by atoms with Gasteiger partial charge >= 0.3 is 0 Å². The fourth-order valence-electron chi connectivity index (χ4n) is 1.61. The molecule has 6 heteroatoms. The molecule has 4 nitrogen and oxygen atoms in total. The van der Waals surface area contributed by atoms with Crippen molar-refractivity contribution in [3.8, 4) is 0 Å². The van der Waals surface area contributed by atoms with E-state index in [4.69, 9.17) is 16.0 Å². The van der Waals surface area contributed by atoms with Crippen LogP contribution >= 0.6 is 27.5 Å². The van der Waals surface area contributed by atoms with Gasteiger partial charge in [-0.1, -0.05) is 17.7 Å². The monoisotopic (exact) mass is 343 g/mol. The number of benzene rings is 1. The molecule has 0 aliphatic carbocycles. The maximum Gasteiger partial charge on any atom is 0.253 e. The molecule has 1 atom stereocenters. The molecule has 0 fully saturated rings. The Hall–Kier alpha value is -1.30. The van der Waals surface area contributed by atoms with Crippen LogP contribution in [0.5, 0.6) is 0 Å². The molecule has 0 aliphatic rings. The lowest BCUT2D eigenvalue weighted by atomic mass is 10.1. The fraction of sp³-hybridized carbons (Fsp3) is 0.154. The number of nitrogens with one attached hydrogen (secondary N) is 1. The van der Waals surface area contributed by atoms with E-state index in [1.165, 1.54) is 6.26 Å². The van der Waals surface area contributed by atoms with Crippen molar-refractivity contribution in [1.29, 1.82) is 0 Å². The molecule has 0 spiro atoms. The summed E-state index contributed by atoms with van der Waals surface area (Å²) < 4.78 is 5.80. The first kappa shape index (κ1) is 14.1. The first-order valence-corrected chi connectivity index (χ1v) is 6.69. The molecule has 100 valence electrons. The van der Waals surface area contributed by atoms with Gasteiger partial charge in [-0.3, -0.25) is 4.79 Å². The maximum atomic E-state index is 12.1. The number of aliphatic hydroxyl groups is 1. The van der Waals surface area contributed by atoms with Crippen LogP contribution < -0.4 is 5.32 Å². The van der Waals surface area contributed by atoms with Crippen molar-refractivity contribution < 1.29 is 14.3 Å². The van der Waals surface area contributed by atoms with Gasteiger partial charge in [0.25, 0.3) is 5.91 Å². The molecule has 0 bridgehead atoms. The zero-order valence-electron chi connectivity index (χ0n) is 9.77. The molecule has 1 heterocycles. The van der Waals surface area contributed by atoms with Crippen LogP contribution in [-0.2, 0) is 0 Å². The number of halogens is 2. The van der Waals surface area contributed by atoms with Gasteiger partial charge in [0.1, 0.15) is 11.8 Å². The Labute approximate surface area is 123 Å². The van der Waals surface area contributed by atoms with Crippen molar-refractivity contribution in [2.45, 2.75) is 6.04 Å². The van der Waals surface area contributed by atoms with E-state index in [2.05, 4.69) is 21.2 Å². The summed E-state index contributed by atoms with van der Waals surface area (Å²) in [6.07, 6.45) is 1.48. The van der Waals surface area contributed by atoms with Gasteiger partial charge in [0.05, 0.1) is 23.5 Å². The molecule has 19 heavy (non-hydrogen) atoms. The minimum atomic E-state index is -0.599. The van der Waals surface area contributed by atoms with Crippen LogP contribution in [0, 0.1) is 0 Å². The summed E-state index contributed by atoms with van der Waals surface area (Å²) in [7, 11) is 0. The summed E-state index contributed by atoms with van der Waals surface area (Å²) in [5.74, 6) is 0.115. The molecule has 2 aromatic rings. The molecule has 2 rings (SSSR count). The molecule has 0 saturated carbocycles. The van der Waals surface area contributed by atoms with Crippen LogP contribution in [0.2, 0.25) is 5.02 Å². The van der Waals surface area contributed by atoms with Gasteiger partial charge in [0, 0.05) is 4.47 Å². The molecule has 1 unspecified atom stereocenters. The Balaban J connectivity index is 2.18. The van der Waals surface area contributed by atoms with Gasteiger partial charge in [-0.05, 0) is 40.2 Å². The van der Waals surface area contributed by atoms with E-state index in [1.807, 2.05) is 0 Å². The lowest BCUT2D eigenvalue weighted by Crippen LogP contribution is -2.30. The Morgan fingerprint density at radius 2 is 2.21 bits per heavy atom. The second-order valence-corrected chi connectivity index (χ2v) is 5.06. The van der Waals surface area contributed by atoms with Crippen LogP contribution in [-0.4, -0.2) is 17.6 Å². The average Bonchev–Trinajstić information content (AvgIpc) is 2.92. The second-order valence-electron chi connectivity index (χ2n) is 3.83. The maximum absolute atomic E-state index is 12.1. The summed E-state index contributed by atoms with van der Waals surface area (Å²) in [5.41, 5.74) is 0.334. The molecule has 0 saturated heterocycles. The summed E-state index contributed by atoms with van der Waals surface area (Å²) in [6, 6.07) is 7.84. The Morgan fingerprint density at radius 1 is 1.42 bits per heavy atom. The van der Waals surface area contributed by atoms with Gasteiger partial charge in [0.2, 0.25) is 0 Å². The fourth-order valence-corrected chi connectivity index (χ4v) is 2.19. The number of furan rings is 1. The first-order chi connectivity index (χ1) is 9.13. The van der Waals surface area contributed by atoms with Gasteiger partial charge in [-0.15, -0.1) is 0 Å². The lowest BCUT2D eigenvalue weighted by Gasteiger charge is -2.14. The molecule has 1 aromatic carbocycles. The van der Waals surface area contributed by atoms with Gasteiger partial charge in [-0.25, -0.2) is 0 Å². The van der Waals surface area contributed by atoms with Gasteiger partial charge in [0.15, 0.2) is 0 Å². The van der Waals surface area contributed by atoms with E-state index in [9.17, 15) is 9.90 Å². The summed E-state index contributed by atoms with van der Waals surface area (Å²) in [6.45, 7) is -0.259. The molecule has 0 radical (unpaired) electrons. The highest BCUT2D eigenvalue weighted by Crippen LogP contribution is 2.26. The number of amides is 1. The number of carbonyl (C=O) groups excluding carboxylic acids is 1. The highest BCUT2D eigenvalue weighted by molar-refractivity contribution is 9.10. The Kier molecular flexibility index (Phi) is 4.63. The molecular formula is C13H11BrClNO3. The first-order valence-electron chi connectivity index (χ1n) is 5.52. The van der Waals surface area contributed by atoms with Crippen molar-refractivity contribution in [3.63, 3.8) is 0 Å². The summed E-state index contributed by atoms with van der Waals surface area (Å²) in [5, 5.41) is 12.3.